The second-order valence-corrected chi connectivity index (χ2v) is 9.86. The highest BCUT2D eigenvalue weighted by atomic mass is 32.2. The number of nitrogens with zero attached hydrogens (tertiary/aromatic N) is 3. The predicted molar refractivity (Wildman–Crippen MR) is 106 cm³/mol. The van der Waals surface area contributed by atoms with Crippen LogP contribution < -0.4 is 4.31 Å². The zero-order chi connectivity index (χ0) is 20.4. The van der Waals surface area contributed by atoms with Crippen LogP contribution in [0.5, 0.6) is 0 Å². The van der Waals surface area contributed by atoms with Crippen molar-refractivity contribution in [2.24, 2.45) is 0 Å². The first kappa shape index (κ1) is 21.2. The molecule has 1 aliphatic rings. The zero-order valence-corrected chi connectivity index (χ0v) is 17.5. The molecule has 2 amide bonds. The molecule has 8 heteroatoms. The lowest BCUT2D eigenvalue weighted by atomic mass is 9.87. The molecule has 150 valence electrons. The van der Waals surface area contributed by atoms with Gasteiger partial charge < -0.3 is 9.80 Å². The summed E-state index contributed by atoms with van der Waals surface area (Å²) in [6.07, 6.45) is 1.10. The van der Waals surface area contributed by atoms with Crippen LogP contribution in [0.4, 0.5) is 5.69 Å². The van der Waals surface area contributed by atoms with Crippen molar-refractivity contribution < 1.29 is 18.0 Å². The van der Waals surface area contributed by atoms with E-state index in [-0.39, 0.29) is 23.8 Å². The van der Waals surface area contributed by atoms with E-state index in [2.05, 4.69) is 20.8 Å². The van der Waals surface area contributed by atoms with Gasteiger partial charge in [0.15, 0.2) is 0 Å². The largest absolute Gasteiger partial charge is 0.339 e. The van der Waals surface area contributed by atoms with E-state index < -0.39 is 10.0 Å². The van der Waals surface area contributed by atoms with Crippen molar-refractivity contribution in [3.8, 4) is 0 Å². The van der Waals surface area contributed by atoms with Gasteiger partial charge in [0, 0.05) is 33.1 Å². The Morgan fingerprint density at radius 3 is 1.89 bits per heavy atom. The Bertz CT molecular complexity index is 789. The summed E-state index contributed by atoms with van der Waals surface area (Å²) in [4.78, 5) is 27.3. The molecule has 0 spiro atoms. The Labute approximate surface area is 162 Å². The van der Waals surface area contributed by atoms with E-state index in [9.17, 15) is 18.0 Å². The monoisotopic (exact) mass is 395 g/mol. The summed E-state index contributed by atoms with van der Waals surface area (Å²) in [5.41, 5.74) is 1.52. The van der Waals surface area contributed by atoms with E-state index in [0.29, 0.717) is 31.9 Å². The van der Waals surface area contributed by atoms with E-state index in [1.165, 1.54) is 6.92 Å². The van der Waals surface area contributed by atoms with Crippen LogP contribution >= 0.6 is 0 Å². The number of anilines is 1. The average Bonchev–Trinajstić information content (AvgIpc) is 2.58. The molecule has 1 heterocycles. The molecular formula is C19H29N3O4S. The number of hydrogen-bond acceptors (Lipinski definition) is 4. The van der Waals surface area contributed by atoms with E-state index in [1.54, 1.807) is 21.9 Å². The molecule has 0 aromatic heterocycles. The Hall–Kier alpha value is -2.09. The van der Waals surface area contributed by atoms with Crippen molar-refractivity contribution in [1.82, 2.24) is 9.80 Å². The molecule has 0 saturated carbocycles. The standard InChI is InChI=1S/C19H29N3O4S/c1-15(23)20-10-12-21(13-11-20)18(24)14-22(27(5,25)26)17-8-6-16(7-9-17)19(2,3)4/h6-9H,10-14H2,1-5H3. The van der Waals surface area contributed by atoms with Crippen molar-refractivity contribution in [3.63, 3.8) is 0 Å². The predicted octanol–water partition coefficient (Wildman–Crippen LogP) is 1.44. The summed E-state index contributed by atoms with van der Waals surface area (Å²) in [7, 11) is -3.60. The quantitative estimate of drug-likeness (QED) is 0.773. The Kier molecular flexibility index (Phi) is 6.19. The molecule has 1 fully saturated rings. The summed E-state index contributed by atoms with van der Waals surface area (Å²) in [5, 5.41) is 0. The van der Waals surface area contributed by atoms with Crippen LogP contribution in [0.1, 0.15) is 33.3 Å². The number of sulfonamides is 1. The normalized spacial score (nSPS) is 15.6. The summed E-state index contributed by atoms with van der Waals surface area (Å²) in [6.45, 7) is 9.29. The Morgan fingerprint density at radius 2 is 1.48 bits per heavy atom. The molecule has 27 heavy (non-hydrogen) atoms. The highest BCUT2D eigenvalue weighted by Crippen LogP contribution is 2.26. The van der Waals surface area contributed by atoms with E-state index in [1.807, 2.05) is 12.1 Å². The van der Waals surface area contributed by atoms with Gasteiger partial charge in [-0.1, -0.05) is 32.9 Å². The van der Waals surface area contributed by atoms with Gasteiger partial charge in [-0.15, -0.1) is 0 Å². The van der Waals surface area contributed by atoms with Crippen LogP contribution in [-0.2, 0) is 25.0 Å². The van der Waals surface area contributed by atoms with Gasteiger partial charge in [-0.3, -0.25) is 13.9 Å². The first-order valence-electron chi connectivity index (χ1n) is 9.01. The molecule has 1 saturated heterocycles. The number of hydrogen-bond donors (Lipinski definition) is 0. The third kappa shape index (κ3) is 5.45. The summed E-state index contributed by atoms with van der Waals surface area (Å²) < 4.78 is 25.7. The van der Waals surface area contributed by atoms with Gasteiger partial charge in [0.05, 0.1) is 11.9 Å². The number of benzene rings is 1. The number of carbonyl (C=O) groups excluding carboxylic acids is 2. The van der Waals surface area contributed by atoms with Gasteiger partial charge in [-0.2, -0.15) is 0 Å². The fraction of sp³-hybridized carbons (Fsp3) is 0.579. The molecular weight excluding hydrogens is 366 g/mol. The van der Waals surface area contributed by atoms with Gasteiger partial charge in [-0.05, 0) is 23.1 Å². The average molecular weight is 396 g/mol. The van der Waals surface area contributed by atoms with Crippen LogP contribution in [0.3, 0.4) is 0 Å². The van der Waals surface area contributed by atoms with Crippen molar-refractivity contribution in [2.45, 2.75) is 33.1 Å². The van der Waals surface area contributed by atoms with Crippen molar-refractivity contribution in [2.75, 3.05) is 43.3 Å². The minimum Gasteiger partial charge on any atom is -0.339 e. The van der Waals surface area contributed by atoms with Gasteiger partial charge in [0.2, 0.25) is 21.8 Å². The molecule has 0 N–H and O–H groups in total. The number of carbonyl (C=O) groups is 2. The molecule has 1 aliphatic heterocycles. The maximum atomic E-state index is 12.6. The minimum atomic E-state index is -3.60. The maximum Gasteiger partial charge on any atom is 0.243 e. The highest BCUT2D eigenvalue weighted by molar-refractivity contribution is 7.92. The first-order valence-corrected chi connectivity index (χ1v) is 10.9. The molecule has 0 bridgehead atoms. The van der Waals surface area contributed by atoms with Crippen molar-refractivity contribution >= 4 is 27.5 Å². The smallest absolute Gasteiger partial charge is 0.243 e. The zero-order valence-electron chi connectivity index (χ0n) is 16.7. The molecule has 2 rings (SSSR count). The van der Waals surface area contributed by atoms with Crippen LogP contribution in [-0.4, -0.2) is 69.0 Å². The molecule has 7 nitrogen and oxygen atoms in total. The number of rotatable bonds is 4. The maximum absolute atomic E-state index is 12.6. The Balaban J connectivity index is 2.14. The van der Waals surface area contributed by atoms with Gasteiger partial charge in [-0.25, -0.2) is 8.42 Å². The summed E-state index contributed by atoms with van der Waals surface area (Å²) in [6, 6.07) is 7.26. The molecule has 0 atom stereocenters. The molecule has 0 radical (unpaired) electrons. The lowest BCUT2D eigenvalue weighted by molar-refractivity contribution is -0.137. The highest BCUT2D eigenvalue weighted by Gasteiger charge is 2.27. The lowest BCUT2D eigenvalue weighted by Gasteiger charge is -2.35. The molecule has 1 aromatic rings. The molecule has 0 aliphatic carbocycles. The van der Waals surface area contributed by atoms with Crippen molar-refractivity contribution in [1.29, 1.82) is 0 Å². The topological polar surface area (TPSA) is 78.0 Å². The third-order valence-corrected chi connectivity index (χ3v) is 5.92. The number of piperazine rings is 1. The SMILES string of the molecule is CC(=O)N1CCN(C(=O)CN(c2ccc(C(C)(C)C)cc2)S(C)(=O)=O)CC1. The Morgan fingerprint density at radius 1 is 1.00 bits per heavy atom. The first-order chi connectivity index (χ1) is 12.4. The van der Waals surface area contributed by atoms with Crippen LogP contribution in [0.15, 0.2) is 24.3 Å². The summed E-state index contributed by atoms with van der Waals surface area (Å²) in [5.74, 6) is -0.276. The van der Waals surface area contributed by atoms with Crippen LogP contribution in [0, 0.1) is 0 Å². The van der Waals surface area contributed by atoms with Crippen molar-refractivity contribution in [3.05, 3.63) is 29.8 Å². The third-order valence-electron chi connectivity index (χ3n) is 4.78. The second kappa shape index (κ2) is 7.88. The summed E-state index contributed by atoms with van der Waals surface area (Å²) >= 11 is 0. The second-order valence-electron chi connectivity index (χ2n) is 7.95. The van der Waals surface area contributed by atoms with E-state index in [0.717, 1.165) is 16.1 Å². The van der Waals surface area contributed by atoms with E-state index >= 15 is 0 Å². The van der Waals surface area contributed by atoms with Gasteiger partial charge >= 0.3 is 0 Å². The van der Waals surface area contributed by atoms with Gasteiger partial charge in [0.25, 0.3) is 0 Å². The molecule has 0 unspecified atom stereocenters. The van der Waals surface area contributed by atoms with Crippen LogP contribution in [0.2, 0.25) is 0 Å². The van der Waals surface area contributed by atoms with E-state index in [4.69, 9.17) is 0 Å². The minimum absolute atomic E-state index is 0.0150. The van der Waals surface area contributed by atoms with Gasteiger partial charge in [0.1, 0.15) is 6.54 Å². The number of amides is 2. The van der Waals surface area contributed by atoms with Crippen LogP contribution in [0.25, 0.3) is 0 Å². The lowest BCUT2D eigenvalue weighted by Crippen LogP contribution is -2.52. The fourth-order valence-electron chi connectivity index (χ4n) is 3.02. The fourth-order valence-corrected chi connectivity index (χ4v) is 3.87. The molecule has 1 aromatic carbocycles.